The molecule has 0 fully saturated rings. The molecular formula is C15H30F3N. The van der Waals surface area contributed by atoms with Crippen LogP contribution in [0.5, 0.6) is 0 Å². The van der Waals surface area contributed by atoms with Crippen LogP contribution in [-0.2, 0) is 0 Å². The van der Waals surface area contributed by atoms with Crippen LogP contribution in [0.1, 0.15) is 72.1 Å². The molecule has 0 aliphatic heterocycles. The van der Waals surface area contributed by atoms with Crippen molar-refractivity contribution in [1.82, 2.24) is 5.32 Å². The van der Waals surface area contributed by atoms with Gasteiger partial charge in [0, 0.05) is 12.5 Å². The minimum atomic E-state index is -4.03. The average Bonchev–Trinajstić information content (AvgIpc) is 2.35. The highest BCUT2D eigenvalue weighted by atomic mass is 19.4. The molecule has 0 aliphatic carbocycles. The molecule has 0 amide bonds. The fourth-order valence-corrected chi connectivity index (χ4v) is 2.37. The van der Waals surface area contributed by atoms with Crippen LogP contribution in [0.15, 0.2) is 0 Å². The predicted octanol–water partition coefficient (Wildman–Crippen LogP) is 5.30. The summed E-state index contributed by atoms with van der Waals surface area (Å²) >= 11 is 0. The zero-order valence-electron chi connectivity index (χ0n) is 12.7. The Morgan fingerprint density at radius 2 is 1.68 bits per heavy atom. The molecule has 4 heteroatoms. The fraction of sp³-hybridized carbons (Fsp3) is 1.00. The van der Waals surface area contributed by atoms with E-state index in [4.69, 9.17) is 0 Å². The van der Waals surface area contributed by atoms with E-state index in [-0.39, 0.29) is 12.5 Å². The zero-order valence-corrected chi connectivity index (χ0v) is 12.7. The van der Waals surface area contributed by atoms with Crippen molar-refractivity contribution in [3.05, 3.63) is 0 Å². The van der Waals surface area contributed by atoms with Crippen molar-refractivity contribution in [2.75, 3.05) is 6.54 Å². The quantitative estimate of drug-likeness (QED) is 0.541. The maximum Gasteiger partial charge on any atom is 0.389 e. The molecule has 0 bridgehead atoms. The Morgan fingerprint density at radius 3 is 2.16 bits per heavy atom. The number of rotatable bonds is 11. The summed E-state index contributed by atoms with van der Waals surface area (Å²) < 4.78 is 37.0. The largest absolute Gasteiger partial charge is 0.389 e. The van der Waals surface area contributed by atoms with Gasteiger partial charge in [-0.05, 0) is 31.7 Å². The van der Waals surface area contributed by atoms with Gasteiger partial charge in [0.25, 0.3) is 0 Å². The summed E-state index contributed by atoms with van der Waals surface area (Å²) in [6.07, 6.45) is 1.91. The number of nitrogens with one attached hydrogen (secondary N) is 1. The first-order chi connectivity index (χ1) is 8.92. The molecule has 2 unspecified atom stereocenters. The fourth-order valence-electron chi connectivity index (χ4n) is 2.37. The van der Waals surface area contributed by atoms with Crippen molar-refractivity contribution in [3.63, 3.8) is 0 Å². The zero-order chi connectivity index (χ0) is 14.7. The van der Waals surface area contributed by atoms with Crippen molar-refractivity contribution in [2.45, 2.75) is 84.4 Å². The van der Waals surface area contributed by atoms with E-state index in [0.717, 1.165) is 38.6 Å². The number of halogens is 3. The predicted molar refractivity (Wildman–Crippen MR) is 75.3 cm³/mol. The number of hydrogen-bond donors (Lipinski definition) is 1. The van der Waals surface area contributed by atoms with Gasteiger partial charge in [0.1, 0.15) is 0 Å². The van der Waals surface area contributed by atoms with Crippen molar-refractivity contribution >= 4 is 0 Å². The molecule has 0 saturated heterocycles. The molecule has 0 aromatic rings. The first-order valence-electron chi connectivity index (χ1n) is 7.73. The molecule has 1 nitrogen and oxygen atoms in total. The Morgan fingerprint density at radius 1 is 1.00 bits per heavy atom. The van der Waals surface area contributed by atoms with Crippen molar-refractivity contribution in [1.29, 1.82) is 0 Å². The van der Waals surface area contributed by atoms with Gasteiger partial charge in [0.05, 0.1) is 0 Å². The van der Waals surface area contributed by atoms with Crippen LogP contribution in [0.25, 0.3) is 0 Å². The second-order valence-electron chi connectivity index (χ2n) is 5.46. The molecule has 0 aromatic heterocycles. The van der Waals surface area contributed by atoms with E-state index >= 15 is 0 Å². The Labute approximate surface area is 116 Å². The van der Waals surface area contributed by atoms with Gasteiger partial charge in [-0.15, -0.1) is 0 Å². The maximum atomic E-state index is 12.3. The molecule has 0 spiro atoms. The molecule has 1 N–H and O–H groups in total. The number of alkyl halides is 3. The van der Waals surface area contributed by atoms with Gasteiger partial charge >= 0.3 is 6.18 Å². The highest BCUT2D eigenvalue weighted by Crippen LogP contribution is 2.26. The van der Waals surface area contributed by atoms with Crippen molar-refractivity contribution in [3.8, 4) is 0 Å². The number of hydrogen-bond acceptors (Lipinski definition) is 1. The second-order valence-corrected chi connectivity index (χ2v) is 5.46. The Bertz CT molecular complexity index is 204. The van der Waals surface area contributed by atoms with Gasteiger partial charge in [0.2, 0.25) is 0 Å². The lowest BCUT2D eigenvalue weighted by molar-refractivity contribution is -0.136. The summed E-state index contributed by atoms with van der Waals surface area (Å²) in [6, 6.07) is 0.0170. The summed E-state index contributed by atoms with van der Waals surface area (Å²) in [5, 5.41) is 3.28. The van der Waals surface area contributed by atoms with Crippen LogP contribution in [-0.4, -0.2) is 18.8 Å². The lowest BCUT2D eigenvalue weighted by Crippen LogP contribution is -2.33. The van der Waals surface area contributed by atoms with Crippen molar-refractivity contribution < 1.29 is 13.2 Å². The van der Waals surface area contributed by atoms with Crippen LogP contribution in [0.2, 0.25) is 0 Å². The van der Waals surface area contributed by atoms with Gasteiger partial charge < -0.3 is 5.32 Å². The summed E-state index contributed by atoms with van der Waals surface area (Å²) in [5.41, 5.74) is 0. The maximum absolute atomic E-state index is 12.3. The molecule has 116 valence electrons. The molecule has 2 atom stereocenters. The Kier molecular flexibility index (Phi) is 10.4. The minimum absolute atomic E-state index is 0.0170. The van der Waals surface area contributed by atoms with E-state index in [0.29, 0.717) is 5.92 Å². The third-order valence-electron chi connectivity index (χ3n) is 3.62. The van der Waals surface area contributed by atoms with Gasteiger partial charge in [-0.1, -0.05) is 46.5 Å². The second kappa shape index (κ2) is 10.5. The van der Waals surface area contributed by atoms with Gasteiger partial charge in [-0.2, -0.15) is 13.2 Å². The smallest absolute Gasteiger partial charge is 0.314 e. The van der Waals surface area contributed by atoms with Crippen LogP contribution in [0.3, 0.4) is 0 Å². The SMILES string of the molecule is CCCCC(CC)CC(CCC(F)(F)F)NCCC. The van der Waals surface area contributed by atoms with E-state index in [1.807, 2.05) is 6.92 Å². The Hall–Kier alpha value is -0.250. The molecule has 0 rings (SSSR count). The van der Waals surface area contributed by atoms with Crippen molar-refractivity contribution in [2.24, 2.45) is 5.92 Å². The third-order valence-corrected chi connectivity index (χ3v) is 3.62. The summed E-state index contributed by atoms with van der Waals surface area (Å²) in [4.78, 5) is 0. The lowest BCUT2D eigenvalue weighted by atomic mass is 9.90. The van der Waals surface area contributed by atoms with Gasteiger partial charge in [0.15, 0.2) is 0 Å². The summed E-state index contributed by atoms with van der Waals surface area (Å²) in [6.45, 7) is 7.15. The Balaban J connectivity index is 4.21. The van der Waals surface area contributed by atoms with E-state index < -0.39 is 12.6 Å². The number of unbranched alkanes of at least 4 members (excludes halogenated alkanes) is 1. The lowest BCUT2D eigenvalue weighted by Gasteiger charge is -2.24. The monoisotopic (exact) mass is 281 g/mol. The molecule has 0 radical (unpaired) electrons. The molecule has 0 saturated carbocycles. The highest BCUT2D eigenvalue weighted by molar-refractivity contribution is 4.73. The molecule has 0 aliphatic rings. The third kappa shape index (κ3) is 11.3. The first kappa shape index (κ1) is 18.8. The van der Waals surface area contributed by atoms with E-state index in [1.54, 1.807) is 0 Å². The topological polar surface area (TPSA) is 12.0 Å². The molecular weight excluding hydrogens is 251 g/mol. The van der Waals surface area contributed by atoms with E-state index in [2.05, 4.69) is 19.2 Å². The van der Waals surface area contributed by atoms with Gasteiger partial charge in [-0.25, -0.2) is 0 Å². The molecule has 19 heavy (non-hydrogen) atoms. The molecule has 0 aromatic carbocycles. The minimum Gasteiger partial charge on any atom is -0.314 e. The standard InChI is InChI=1S/C15H30F3N/c1-4-7-8-13(6-3)12-14(19-11-5-2)9-10-15(16,17)18/h13-14,19H,4-12H2,1-3H3. The van der Waals surface area contributed by atoms with E-state index in [1.165, 1.54) is 6.42 Å². The van der Waals surface area contributed by atoms with E-state index in [9.17, 15) is 13.2 Å². The van der Waals surface area contributed by atoms with Crippen LogP contribution >= 0.6 is 0 Å². The van der Waals surface area contributed by atoms with Gasteiger partial charge in [-0.3, -0.25) is 0 Å². The first-order valence-corrected chi connectivity index (χ1v) is 7.73. The average molecular weight is 281 g/mol. The summed E-state index contributed by atoms with van der Waals surface area (Å²) in [7, 11) is 0. The van der Waals surface area contributed by atoms with Crippen LogP contribution in [0, 0.1) is 5.92 Å². The highest BCUT2D eigenvalue weighted by Gasteiger charge is 2.28. The molecule has 0 heterocycles. The van der Waals surface area contributed by atoms with Crippen LogP contribution < -0.4 is 5.32 Å². The normalized spacial score (nSPS) is 15.5. The summed E-state index contributed by atoms with van der Waals surface area (Å²) in [5.74, 6) is 0.558. The van der Waals surface area contributed by atoms with Crippen LogP contribution in [0.4, 0.5) is 13.2 Å².